The summed E-state index contributed by atoms with van der Waals surface area (Å²) in [5.74, 6) is 1.07. The van der Waals surface area contributed by atoms with Gasteiger partial charge in [0, 0.05) is 19.7 Å². The zero-order chi connectivity index (χ0) is 23.9. The lowest BCUT2D eigenvalue weighted by Gasteiger charge is -2.26. The molecule has 1 saturated heterocycles. The topological polar surface area (TPSA) is 68.6 Å². The first-order valence-corrected chi connectivity index (χ1v) is 12.1. The van der Waals surface area contributed by atoms with E-state index in [1.165, 1.54) is 0 Å². The third-order valence-electron chi connectivity index (χ3n) is 5.79. The average Bonchev–Trinajstić information content (AvgIpc) is 3.47. The number of aryl methyl sites for hydroxylation is 1. The second kappa shape index (κ2) is 11.4. The van der Waals surface area contributed by atoms with E-state index in [0.29, 0.717) is 36.3 Å². The number of carbonyl (C=O) groups is 1. The maximum absolute atomic E-state index is 13.1. The van der Waals surface area contributed by atoms with Crippen LogP contribution in [-0.4, -0.2) is 46.5 Å². The van der Waals surface area contributed by atoms with Crippen molar-refractivity contribution in [1.29, 1.82) is 0 Å². The molecule has 4 rings (SSSR count). The number of para-hydroxylation sites is 2. The lowest BCUT2D eigenvalue weighted by molar-refractivity contribution is 0.0793. The molecule has 0 radical (unpaired) electrons. The van der Waals surface area contributed by atoms with Gasteiger partial charge in [-0.05, 0) is 50.5 Å². The fourth-order valence-corrected chi connectivity index (χ4v) is 4.16. The van der Waals surface area contributed by atoms with Crippen molar-refractivity contribution >= 4 is 17.6 Å². The third kappa shape index (κ3) is 5.72. The third-order valence-corrected chi connectivity index (χ3v) is 6.10. The second-order valence-corrected chi connectivity index (χ2v) is 8.80. The van der Waals surface area contributed by atoms with Gasteiger partial charge in [0.25, 0.3) is 0 Å². The van der Waals surface area contributed by atoms with Gasteiger partial charge in [0.2, 0.25) is 5.88 Å². The van der Waals surface area contributed by atoms with E-state index in [1.807, 2.05) is 62.4 Å². The van der Waals surface area contributed by atoms with E-state index in [-0.39, 0.29) is 12.1 Å². The SMILES string of the molecule is CCCNC(=O)N(Cc1c(C)nn(-c2ccccc2)c1Oc1ccccc1Cl)CC1CCCO1. The molecule has 0 aliphatic carbocycles. The zero-order valence-corrected chi connectivity index (χ0v) is 20.4. The fourth-order valence-electron chi connectivity index (χ4n) is 3.99. The van der Waals surface area contributed by atoms with E-state index in [9.17, 15) is 4.79 Å². The van der Waals surface area contributed by atoms with Gasteiger partial charge in [-0.15, -0.1) is 0 Å². The van der Waals surface area contributed by atoms with Crippen molar-refractivity contribution in [3.63, 3.8) is 0 Å². The highest BCUT2D eigenvalue weighted by Crippen LogP contribution is 2.35. The van der Waals surface area contributed by atoms with Crippen LogP contribution in [0.3, 0.4) is 0 Å². The van der Waals surface area contributed by atoms with Crippen LogP contribution < -0.4 is 10.1 Å². The minimum absolute atomic E-state index is 0.0322. The highest BCUT2D eigenvalue weighted by molar-refractivity contribution is 6.32. The fraction of sp³-hybridized carbons (Fsp3) is 0.385. The number of hydrogen-bond acceptors (Lipinski definition) is 4. The Hall–Kier alpha value is -3.03. The summed E-state index contributed by atoms with van der Waals surface area (Å²) >= 11 is 6.41. The van der Waals surface area contributed by atoms with Crippen molar-refractivity contribution in [2.45, 2.75) is 45.8 Å². The van der Waals surface area contributed by atoms with Gasteiger partial charge in [-0.1, -0.05) is 48.9 Å². The molecule has 1 aliphatic heterocycles. The number of aromatic nitrogens is 2. The van der Waals surface area contributed by atoms with Crippen LogP contribution in [0.5, 0.6) is 11.6 Å². The summed E-state index contributed by atoms with van der Waals surface area (Å²) in [6.45, 7) is 6.18. The predicted molar refractivity (Wildman–Crippen MR) is 133 cm³/mol. The number of nitrogens with zero attached hydrogens (tertiary/aromatic N) is 3. The first kappa shape index (κ1) is 24.1. The molecule has 2 aromatic carbocycles. The summed E-state index contributed by atoms with van der Waals surface area (Å²) < 4.78 is 14.0. The number of nitrogens with one attached hydrogen (secondary N) is 1. The molecule has 7 nitrogen and oxygen atoms in total. The van der Waals surface area contributed by atoms with Gasteiger partial charge in [-0.2, -0.15) is 5.10 Å². The van der Waals surface area contributed by atoms with Gasteiger partial charge in [0.15, 0.2) is 0 Å². The van der Waals surface area contributed by atoms with Crippen molar-refractivity contribution in [2.24, 2.45) is 0 Å². The molecule has 180 valence electrons. The number of ether oxygens (including phenoxy) is 2. The Labute approximate surface area is 205 Å². The summed E-state index contributed by atoms with van der Waals surface area (Å²) in [6.07, 6.45) is 2.86. The summed E-state index contributed by atoms with van der Waals surface area (Å²) in [6, 6.07) is 17.0. The quantitative estimate of drug-likeness (QED) is 0.423. The molecule has 34 heavy (non-hydrogen) atoms. The van der Waals surface area contributed by atoms with Crippen LogP contribution in [0.2, 0.25) is 5.02 Å². The molecule has 2 amide bonds. The molecule has 1 aromatic heterocycles. The highest BCUT2D eigenvalue weighted by atomic mass is 35.5. The number of urea groups is 1. The number of halogens is 1. The van der Waals surface area contributed by atoms with E-state index in [1.54, 1.807) is 15.6 Å². The molecule has 1 atom stereocenters. The molecule has 2 heterocycles. The number of benzene rings is 2. The summed E-state index contributed by atoms with van der Waals surface area (Å²) in [4.78, 5) is 14.9. The van der Waals surface area contributed by atoms with Crippen LogP contribution in [0.1, 0.15) is 37.4 Å². The minimum atomic E-state index is -0.118. The molecule has 3 aromatic rings. The van der Waals surface area contributed by atoms with Gasteiger partial charge >= 0.3 is 6.03 Å². The van der Waals surface area contributed by atoms with Crippen molar-refractivity contribution in [3.05, 3.63) is 70.9 Å². The van der Waals surface area contributed by atoms with Crippen LogP contribution in [0, 0.1) is 6.92 Å². The van der Waals surface area contributed by atoms with Gasteiger partial charge in [0.05, 0.1) is 34.6 Å². The van der Waals surface area contributed by atoms with E-state index in [4.69, 9.17) is 26.2 Å². The van der Waals surface area contributed by atoms with E-state index < -0.39 is 0 Å². The van der Waals surface area contributed by atoms with Crippen LogP contribution in [0.25, 0.3) is 5.69 Å². The van der Waals surface area contributed by atoms with Crippen molar-refractivity contribution in [1.82, 2.24) is 20.0 Å². The van der Waals surface area contributed by atoms with E-state index >= 15 is 0 Å². The van der Waals surface area contributed by atoms with Crippen LogP contribution in [0.15, 0.2) is 54.6 Å². The highest BCUT2D eigenvalue weighted by Gasteiger charge is 2.27. The normalized spacial score (nSPS) is 15.3. The maximum atomic E-state index is 13.1. The van der Waals surface area contributed by atoms with E-state index in [0.717, 1.165) is 42.8 Å². The molecular formula is C26H31ClN4O3. The lowest BCUT2D eigenvalue weighted by atomic mass is 10.2. The number of hydrogen-bond donors (Lipinski definition) is 1. The summed E-state index contributed by atoms with van der Waals surface area (Å²) in [7, 11) is 0. The maximum Gasteiger partial charge on any atom is 0.317 e. The van der Waals surface area contributed by atoms with Crippen LogP contribution >= 0.6 is 11.6 Å². The standard InChI is InChI=1S/C26H31ClN4O3/c1-3-15-28-26(32)30(17-21-12-9-16-33-21)18-22-19(2)29-31(20-10-5-4-6-11-20)25(22)34-24-14-8-7-13-23(24)27/h4-8,10-11,13-14,21H,3,9,12,15-18H2,1-2H3,(H,28,32). The molecule has 0 saturated carbocycles. The van der Waals surface area contributed by atoms with Gasteiger partial charge in [-0.3, -0.25) is 0 Å². The second-order valence-electron chi connectivity index (χ2n) is 8.40. The Balaban J connectivity index is 1.71. The smallest absolute Gasteiger partial charge is 0.317 e. The Bertz CT molecular complexity index is 1100. The van der Waals surface area contributed by atoms with Gasteiger partial charge in [0.1, 0.15) is 5.75 Å². The molecule has 8 heteroatoms. The molecule has 1 unspecified atom stereocenters. The van der Waals surface area contributed by atoms with E-state index in [2.05, 4.69) is 5.32 Å². The first-order chi connectivity index (χ1) is 16.6. The van der Waals surface area contributed by atoms with Gasteiger partial charge in [-0.25, -0.2) is 9.48 Å². The van der Waals surface area contributed by atoms with Gasteiger partial charge < -0.3 is 19.7 Å². The largest absolute Gasteiger partial charge is 0.437 e. The van der Waals surface area contributed by atoms with Crippen molar-refractivity contribution in [2.75, 3.05) is 19.7 Å². The molecule has 0 bridgehead atoms. The monoisotopic (exact) mass is 482 g/mol. The summed E-state index contributed by atoms with van der Waals surface area (Å²) in [5, 5.41) is 8.28. The van der Waals surface area contributed by atoms with Crippen molar-refractivity contribution in [3.8, 4) is 17.3 Å². The Kier molecular flexibility index (Phi) is 8.08. The zero-order valence-electron chi connectivity index (χ0n) is 19.7. The first-order valence-electron chi connectivity index (χ1n) is 11.8. The van der Waals surface area contributed by atoms with Crippen LogP contribution in [0.4, 0.5) is 4.79 Å². The molecule has 1 aliphatic rings. The number of amides is 2. The molecule has 1 N–H and O–H groups in total. The number of carbonyl (C=O) groups excluding carboxylic acids is 1. The molecule has 0 spiro atoms. The molecule has 1 fully saturated rings. The van der Waals surface area contributed by atoms with Crippen molar-refractivity contribution < 1.29 is 14.3 Å². The Morgan fingerprint density at radius 2 is 2.00 bits per heavy atom. The number of rotatable bonds is 9. The molecular weight excluding hydrogens is 452 g/mol. The average molecular weight is 483 g/mol. The predicted octanol–water partition coefficient (Wildman–Crippen LogP) is 5.73. The lowest BCUT2D eigenvalue weighted by Crippen LogP contribution is -2.43. The minimum Gasteiger partial charge on any atom is -0.437 e. The van der Waals surface area contributed by atoms with Crippen LogP contribution in [-0.2, 0) is 11.3 Å². The Morgan fingerprint density at radius 1 is 1.24 bits per heavy atom. The summed E-state index contributed by atoms with van der Waals surface area (Å²) in [5.41, 5.74) is 2.47. The Morgan fingerprint density at radius 3 is 2.71 bits per heavy atom.